The Morgan fingerprint density at radius 1 is 0.933 bits per heavy atom. The van der Waals surface area contributed by atoms with Crippen LogP contribution in [0.3, 0.4) is 0 Å². The van der Waals surface area contributed by atoms with Crippen LogP contribution >= 0.6 is 0 Å². The maximum Gasteiger partial charge on any atom is 0.421 e. The summed E-state index contributed by atoms with van der Waals surface area (Å²) in [6.45, 7) is 5.37. The lowest BCUT2D eigenvalue weighted by Crippen LogP contribution is -2.34. The Hall–Kier alpha value is -3.74. The number of esters is 1. The molecule has 0 aliphatic rings. The number of ether oxygens (including phenoxy) is 2. The molecule has 0 saturated carbocycles. The first-order valence-electron chi connectivity index (χ1n) is 9.38. The van der Waals surface area contributed by atoms with E-state index in [1.54, 1.807) is 69.6 Å². The first-order chi connectivity index (χ1) is 14.3. The molecule has 0 N–H and O–H groups in total. The van der Waals surface area contributed by atoms with Crippen LogP contribution in [0.4, 0.5) is 16.4 Å². The van der Waals surface area contributed by atoms with Gasteiger partial charge in [0.05, 0.1) is 18.4 Å². The molecule has 0 unspecified atom stereocenters. The minimum absolute atomic E-state index is 0.185. The third-order valence-electron chi connectivity index (χ3n) is 4.08. The summed E-state index contributed by atoms with van der Waals surface area (Å²) in [6.07, 6.45) is 2.50. The van der Waals surface area contributed by atoms with Gasteiger partial charge in [-0.25, -0.2) is 24.5 Å². The zero-order valence-corrected chi connectivity index (χ0v) is 17.3. The van der Waals surface area contributed by atoms with Gasteiger partial charge in [-0.3, -0.25) is 0 Å². The molecule has 0 aliphatic carbocycles. The zero-order chi connectivity index (χ0) is 21.7. The molecule has 30 heavy (non-hydrogen) atoms. The van der Waals surface area contributed by atoms with Gasteiger partial charge in [0, 0.05) is 12.4 Å². The molecule has 154 valence electrons. The molecule has 3 aromatic rings. The summed E-state index contributed by atoms with van der Waals surface area (Å²) in [5.41, 5.74) is 1.66. The molecule has 2 aromatic carbocycles. The van der Waals surface area contributed by atoms with Crippen molar-refractivity contribution in [3.05, 3.63) is 72.6 Å². The second-order valence-electron chi connectivity index (χ2n) is 7.45. The maximum absolute atomic E-state index is 13.0. The largest absolute Gasteiger partial charge is 0.465 e. The van der Waals surface area contributed by atoms with Crippen molar-refractivity contribution in [2.75, 3.05) is 12.0 Å². The Morgan fingerprint density at radius 2 is 1.63 bits per heavy atom. The van der Waals surface area contributed by atoms with E-state index in [2.05, 4.69) is 9.97 Å². The highest BCUT2D eigenvalue weighted by Gasteiger charge is 2.27. The number of nitrogens with zero attached hydrogens (tertiary/aromatic N) is 3. The van der Waals surface area contributed by atoms with Gasteiger partial charge < -0.3 is 9.47 Å². The molecule has 1 amide bonds. The fraction of sp³-hybridized carbons (Fsp3) is 0.217. The minimum atomic E-state index is -0.695. The van der Waals surface area contributed by atoms with E-state index in [0.29, 0.717) is 16.8 Å². The van der Waals surface area contributed by atoms with Gasteiger partial charge in [0.2, 0.25) is 5.95 Å². The molecule has 0 spiro atoms. The fourth-order valence-electron chi connectivity index (χ4n) is 2.85. The van der Waals surface area contributed by atoms with Crippen molar-refractivity contribution >= 4 is 23.7 Å². The quantitative estimate of drug-likeness (QED) is 0.568. The average molecular weight is 405 g/mol. The van der Waals surface area contributed by atoms with Gasteiger partial charge in [-0.05, 0) is 56.2 Å². The SMILES string of the molecule is COC(=O)c1ccccc1-c1cccc(N(C(=O)OC(C)(C)C)c2ncccn2)c1. The van der Waals surface area contributed by atoms with Crippen LogP contribution in [0.25, 0.3) is 11.1 Å². The van der Waals surface area contributed by atoms with E-state index in [1.165, 1.54) is 12.0 Å². The van der Waals surface area contributed by atoms with Gasteiger partial charge >= 0.3 is 12.1 Å². The molecule has 0 bridgehead atoms. The Morgan fingerprint density at radius 3 is 2.30 bits per heavy atom. The second kappa shape index (κ2) is 8.73. The Balaban J connectivity index is 2.09. The van der Waals surface area contributed by atoms with E-state index in [-0.39, 0.29) is 5.95 Å². The summed E-state index contributed by atoms with van der Waals surface area (Å²) in [5.74, 6) is -0.253. The summed E-state index contributed by atoms with van der Waals surface area (Å²) < 4.78 is 10.5. The molecule has 0 saturated heterocycles. The molecule has 1 aromatic heterocycles. The van der Waals surface area contributed by atoms with Crippen molar-refractivity contribution in [1.82, 2.24) is 9.97 Å². The Labute approximate surface area is 175 Å². The topological polar surface area (TPSA) is 81.6 Å². The van der Waals surface area contributed by atoms with Crippen LogP contribution in [-0.2, 0) is 9.47 Å². The van der Waals surface area contributed by atoms with Crippen molar-refractivity contribution in [2.24, 2.45) is 0 Å². The second-order valence-corrected chi connectivity index (χ2v) is 7.45. The number of hydrogen-bond acceptors (Lipinski definition) is 6. The lowest BCUT2D eigenvalue weighted by Gasteiger charge is -2.26. The van der Waals surface area contributed by atoms with Crippen molar-refractivity contribution in [3.63, 3.8) is 0 Å². The Kier molecular flexibility index (Phi) is 6.11. The van der Waals surface area contributed by atoms with Gasteiger partial charge in [-0.2, -0.15) is 0 Å². The van der Waals surface area contributed by atoms with E-state index >= 15 is 0 Å². The number of carbonyl (C=O) groups excluding carboxylic acids is 2. The summed E-state index contributed by atoms with van der Waals surface area (Å²) in [5, 5.41) is 0. The van der Waals surface area contributed by atoms with Gasteiger partial charge in [0.1, 0.15) is 5.60 Å². The molecular formula is C23H23N3O4. The predicted octanol–water partition coefficient (Wildman–Crippen LogP) is 5.00. The van der Waals surface area contributed by atoms with Crippen molar-refractivity contribution in [2.45, 2.75) is 26.4 Å². The third-order valence-corrected chi connectivity index (χ3v) is 4.08. The summed E-state index contributed by atoms with van der Waals surface area (Å²) >= 11 is 0. The number of benzene rings is 2. The molecular weight excluding hydrogens is 382 g/mol. The molecule has 3 rings (SSSR count). The van der Waals surface area contributed by atoms with Gasteiger partial charge in [-0.15, -0.1) is 0 Å². The minimum Gasteiger partial charge on any atom is -0.465 e. The first kappa shape index (κ1) is 21.0. The summed E-state index contributed by atoms with van der Waals surface area (Å²) in [4.78, 5) is 34.9. The smallest absolute Gasteiger partial charge is 0.421 e. The van der Waals surface area contributed by atoms with Gasteiger partial charge in [-0.1, -0.05) is 30.3 Å². The van der Waals surface area contributed by atoms with E-state index in [0.717, 1.165) is 5.56 Å². The number of amides is 1. The van der Waals surface area contributed by atoms with E-state index in [9.17, 15) is 9.59 Å². The highest BCUT2D eigenvalue weighted by molar-refractivity contribution is 5.99. The van der Waals surface area contributed by atoms with Crippen LogP contribution < -0.4 is 4.90 Å². The number of aromatic nitrogens is 2. The van der Waals surface area contributed by atoms with Crippen LogP contribution in [0.1, 0.15) is 31.1 Å². The molecule has 7 nitrogen and oxygen atoms in total. The highest BCUT2D eigenvalue weighted by atomic mass is 16.6. The lowest BCUT2D eigenvalue weighted by molar-refractivity contribution is 0.0588. The zero-order valence-electron chi connectivity index (χ0n) is 17.3. The molecule has 7 heteroatoms. The van der Waals surface area contributed by atoms with E-state index in [4.69, 9.17) is 9.47 Å². The first-order valence-corrected chi connectivity index (χ1v) is 9.38. The normalized spacial score (nSPS) is 10.9. The molecule has 0 aliphatic heterocycles. The van der Waals surface area contributed by atoms with Crippen molar-refractivity contribution < 1.29 is 19.1 Å². The monoisotopic (exact) mass is 405 g/mol. The maximum atomic E-state index is 13.0. The van der Waals surface area contributed by atoms with Crippen LogP contribution in [0.15, 0.2) is 67.0 Å². The van der Waals surface area contributed by atoms with E-state index < -0.39 is 17.7 Å². The molecule has 1 heterocycles. The number of carbonyl (C=O) groups is 2. The number of rotatable bonds is 4. The van der Waals surface area contributed by atoms with Crippen LogP contribution in [-0.4, -0.2) is 34.7 Å². The summed E-state index contributed by atoms with van der Waals surface area (Å²) in [6, 6.07) is 16.0. The number of methoxy groups -OCH3 is 1. The van der Waals surface area contributed by atoms with Gasteiger partial charge in [0.25, 0.3) is 0 Å². The van der Waals surface area contributed by atoms with Crippen LogP contribution in [0.5, 0.6) is 0 Å². The standard InChI is InChI=1S/C23H23N3O4/c1-23(2,3)30-22(28)26(21-24-13-8-14-25-21)17-10-7-9-16(15-17)18-11-5-6-12-19(18)20(27)29-4/h5-15H,1-4H3. The van der Waals surface area contributed by atoms with Crippen molar-refractivity contribution in [3.8, 4) is 11.1 Å². The molecule has 0 fully saturated rings. The van der Waals surface area contributed by atoms with Crippen LogP contribution in [0, 0.1) is 0 Å². The third kappa shape index (κ3) is 4.81. The molecule has 0 radical (unpaired) electrons. The predicted molar refractivity (Wildman–Crippen MR) is 114 cm³/mol. The van der Waals surface area contributed by atoms with Gasteiger partial charge in [0.15, 0.2) is 0 Å². The highest BCUT2D eigenvalue weighted by Crippen LogP contribution is 2.31. The number of anilines is 2. The van der Waals surface area contributed by atoms with E-state index in [1.807, 2.05) is 18.2 Å². The average Bonchev–Trinajstić information content (AvgIpc) is 2.73. The number of hydrogen-bond donors (Lipinski definition) is 0. The fourth-order valence-corrected chi connectivity index (χ4v) is 2.85. The lowest BCUT2D eigenvalue weighted by atomic mass is 9.99. The molecule has 0 atom stereocenters. The van der Waals surface area contributed by atoms with Crippen LogP contribution in [0.2, 0.25) is 0 Å². The Bertz CT molecular complexity index is 1050. The van der Waals surface area contributed by atoms with Crippen molar-refractivity contribution in [1.29, 1.82) is 0 Å². The summed E-state index contributed by atoms with van der Waals surface area (Å²) in [7, 11) is 1.34.